The summed E-state index contributed by atoms with van der Waals surface area (Å²) in [6, 6.07) is 0. The lowest BCUT2D eigenvalue weighted by Gasteiger charge is -2.01. The van der Waals surface area contributed by atoms with Crippen LogP contribution in [0, 0.1) is 0 Å². The number of carbonyl (C=O) groups excluding carboxylic acids is 1. The molecule has 0 bridgehead atoms. The average Bonchev–Trinajstić information content (AvgIpc) is 2.57. The first-order chi connectivity index (χ1) is 11.3. The van der Waals surface area contributed by atoms with Gasteiger partial charge in [-0.2, -0.15) is 0 Å². The van der Waals surface area contributed by atoms with Crippen molar-refractivity contribution in [3.63, 3.8) is 0 Å². The summed E-state index contributed by atoms with van der Waals surface area (Å²) < 4.78 is 4.63. The zero-order chi connectivity index (χ0) is 17.0. The molecule has 0 radical (unpaired) electrons. The van der Waals surface area contributed by atoms with E-state index in [1.807, 2.05) is 0 Å². The van der Waals surface area contributed by atoms with Crippen molar-refractivity contribution in [2.75, 3.05) is 7.11 Å². The summed E-state index contributed by atoms with van der Waals surface area (Å²) in [5.74, 6) is -0.0779. The number of carbonyl (C=O) groups is 1. The predicted molar refractivity (Wildman–Crippen MR) is 101 cm³/mol. The summed E-state index contributed by atoms with van der Waals surface area (Å²) in [4.78, 5) is 10.9. The largest absolute Gasteiger partial charge is 0.469 e. The molecule has 0 amide bonds. The van der Waals surface area contributed by atoms with Gasteiger partial charge in [-0.3, -0.25) is 4.79 Å². The first kappa shape index (κ1) is 22.2. The molecule has 2 heteroatoms. The van der Waals surface area contributed by atoms with Gasteiger partial charge in [0.1, 0.15) is 0 Å². The minimum Gasteiger partial charge on any atom is -0.469 e. The minimum absolute atomic E-state index is 0.0779. The molecule has 0 saturated carbocycles. The summed E-state index contributed by atoms with van der Waals surface area (Å²) >= 11 is 0. The Labute approximate surface area is 145 Å². The zero-order valence-corrected chi connectivity index (χ0v) is 15.8. The summed E-state index contributed by atoms with van der Waals surface area (Å²) in [7, 11) is 1.46. The molecule has 0 N–H and O–H groups in total. The second-order valence-electron chi connectivity index (χ2n) is 6.62. The molecule has 0 aromatic rings. The molecule has 0 aliphatic heterocycles. The fourth-order valence-electron chi connectivity index (χ4n) is 2.80. The van der Waals surface area contributed by atoms with Crippen LogP contribution in [0.15, 0.2) is 12.2 Å². The van der Waals surface area contributed by atoms with Crippen molar-refractivity contribution in [1.29, 1.82) is 0 Å². The second-order valence-corrected chi connectivity index (χ2v) is 6.62. The molecule has 0 spiro atoms. The summed E-state index contributed by atoms with van der Waals surface area (Å²) in [5, 5.41) is 0. The van der Waals surface area contributed by atoms with E-state index in [0.717, 1.165) is 12.8 Å². The Morgan fingerprint density at radius 3 is 1.61 bits per heavy atom. The van der Waals surface area contributed by atoms with E-state index in [9.17, 15) is 4.79 Å². The predicted octanol–water partition coefficient (Wildman–Crippen LogP) is 6.98. The van der Waals surface area contributed by atoms with Crippen molar-refractivity contribution >= 4 is 5.97 Å². The van der Waals surface area contributed by atoms with Crippen molar-refractivity contribution in [1.82, 2.24) is 0 Å². The van der Waals surface area contributed by atoms with Gasteiger partial charge in [-0.15, -0.1) is 0 Å². The van der Waals surface area contributed by atoms with Gasteiger partial charge in [0.05, 0.1) is 7.11 Å². The second kappa shape index (κ2) is 19.3. The normalized spacial score (nSPS) is 11.2. The van der Waals surface area contributed by atoms with Crippen LogP contribution in [0.3, 0.4) is 0 Å². The van der Waals surface area contributed by atoms with Gasteiger partial charge < -0.3 is 4.74 Å². The highest BCUT2D eigenvalue weighted by molar-refractivity contribution is 5.68. The molecule has 0 aromatic carbocycles. The summed E-state index contributed by atoms with van der Waals surface area (Å²) in [6.45, 7) is 2.28. The van der Waals surface area contributed by atoms with E-state index in [1.54, 1.807) is 0 Å². The van der Waals surface area contributed by atoms with Crippen LogP contribution in [-0.2, 0) is 9.53 Å². The molecule has 0 aliphatic rings. The van der Waals surface area contributed by atoms with Gasteiger partial charge >= 0.3 is 5.97 Å². The smallest absolute Gasteiger partial charge is 0.305 e. The number of esters is 1. The maximum absolute atomic E-state index is 10.9. The highest BCUT2D eigenvalue weighted by Gasteiger charge is 1.98. The van der Waals surface area contributed by atoms with E-state index in [4.69, 9.17) is 0 Å². The molecular formula is C21H40O2. The van der Waals surface area contributed by atoms with Crippen LogP contribution in [-0.4, -0.2) is 13.1 Å². The monoisotopic (exact) mass is 324 g/mol. The third kappa shape index (κ3) is 19.2. The Morgan fingerprint density at radius 2 is 1.13 bits per heavy atom. The fraction of sp³-hybridized carbons (Fsp3) is 0.857. The van der Waals surface area contributed by atoms with Crippen LogP contribution < -0.4 is 0 Å². The van der Waals surface area contributed by atoms with Crippen LogP contribution in [0.2, 0.25) is 0 Å². The van der Waals surface area contributed by atoms with Gasteiger partial charge in [-0.05, 0) is 32.1 Å². The summed E-state index contributed by atoms with van der Waals surface area (Å²) in [5.41, 5.74) is 0. The number of ether oxygens (including phenoxy) is 1. The fourth-order valence-corrected chi connectivity index (χ4v) is 2.80. The van der Waals surface area contributed by atoms with Crippen LogP contribution >= 0.6 is 0 Å². The van der Waals surface area contributed by atoms with E-state index in [-0.39, 0.29) is 5.97 Å². The van der Waals surface area contributed by atoms with E-state index < -0.39 is 0 Å². The molecule has 2 nitrogen and oxygen atoms in total. The number of methoxy groups -OCH3 is 1. The van der Waals surface area contributed by atoms with Gasteiger partial charge in [0.15, 0.2) is 0 Å². The van der Waals surface area contributed by atoms with Crippen molar-refractivity contribution in [3.8, 4) is 0 Å². The standard InChI is InChI=1S/C21H40O2/c1-3-4-5-6-7-8-9-10-11-12-13-14-15-16-17-18-19-20-21(22)23-2/h13-14H,3-12,15-20H2,1-2H3/b14-13-. The van der Waals surface area contributed by atoms with Gasteiger partial charge in [-0.25, -0.2) is 0 Å². The van der Waals surface area contributed by atoms with Crippen molar-refractivity contribution < 1.29 is 9.53 Å². The van der Waals surface area contributed by atoms with Crippen molar-refractivity contribution in [2.45, 2.75) is 110 Å². The zero-order valence-electron chi connectivity index (χ0n) is 15.8. The Morgan fingerprint density at radius 1 is 0.696 bits per heavy atom. The first-order valence-electron chi connectivity index (χ1n) is 10.0. The molecule has 0 atom stereocenters. The highest BCUT2D eigenvalue weighted by atomic mass is 16.5. The molecule has 0 heterocycles. The van der Waals surface area contributed by atoms with Crippen LogP contribution in [0.1, 0.15) is 110 Å². The Kier molecular flexibility index (Phi) is 18.6. The quantitative estimate of drug-likeness (QED) is 0.164. The van der Waals surface area contributed by atoms with Gasteiger partial charge in [0, 0.05) is 6.42 Å². The lowest BCUT2D eigenvalue weighted by Crippen LogP contribution is -1.98. The van der Waals surface area contributed by atoms with Crippen LogP contribution in [0.5, 0.6) is 0 Å². The van der Waals surface area contributed by atoms with Gasteiger partial charge in [-0.1, -0.05) is 83.3 Å². The number of unbranched alkanes of at least 4 members (excludes halogenated alkanes) is 13. The van der Waals surface area contributed by atoms with E-state index >= 15 is 0 Å². The Hall–Kier alpha value is -0.790. The van der Waals surface area contributed by atoms with Gasteiger partial charge in [0.2, 0.25) is 0 Å². The SMILES string of the molecule is CCCCCCCCCCC/C=C\CCCCCCC(=O)OC. The highest BCUT2D eigenvalue weighted by Crippen LogP contribution is 2.11. The number of hydrogen-bond donors (Lipinski definition) is 0. The number of hydrogen-bond acceptors (Lipinski definition) is 2. The minimum atomic E-state index is -0.0779. The molecule has 0 aromatic heterocycles. The molecule has 0 unspecified atom stereocenters. The van der Waals surface area contributed by atoms with Crippen molar-refractivity contribution in [2.24, 2.45) is 0 Å². The topological polar surface area (TPSA) is 26.3 Å². The van der Waals surface area contributed by atoms with Crippen LogP contribution in [0.4, 0.5) is 0 Å². The molecule has 0 fully saturated rings. The lowest BCUT2D eigenvalue weighted by molar-refractivity contribution is -0.140. The lowest BCUT2D eigenvalue weighted by atomic mass is 10.1. The molecular weight excluding hydrogens is 284 g/mol. The Bertz CT molecular complexity index is 271. The molecule has 23 heavy (non-hydrogen) atoms. The molecule has 0 rings (SSSR count). The van der Waals surface area contributed by atoms with E-state index in [1.165, 1.54) is 90.6 Å². The third-order valence-corrected chi connectivity index (χ3v) is 4.37. The summed E-state index contributed by atoms with van der Waals surface area (Å²) in [6.07, 6.45) is 24.9. The van der Waals surface area contributed by atoms with Gasteiger partial charge in [0.25, 0.3) is 0 Å². The average molecular weight is 325 g/mol. The van der Waals surface area contributed by atoms with E-state index in [2.05, 4.69) is 23.8 Å². The van der Waals surface area contributed by atoms with Crippen LogP contribution in [0.25, 0.3) is 0 Å². The Balaban J connectivity index is 3.10. The van der Waals surface area contributed by atoms with Crippen molar-refractivity contribution in [3.05, 3.63) is 12.2 Å². The van der Waals surface area contributed by atoms with E-state index in [0.29, 0.717) is 6.42 Å². The first-order valence-corrected chi connectivity index (χ1v) is 10.0. The maximum atomic E-state index is 10.9. The maximum Gasteiger partial charge on any atom is 0.305 e. The third-order valence-electron chi connectivity index (χ3n) is 4.37. The number of allylic oxidation sites excluding steroid dienone is 2. The molecule has 136 valence electrons. The molecule has 0 aliphatic carbocycles. The number of rotatable bonds is 17. The molecule has 0 saturated heterocycles.